The molecule has 0 aliphatic carbocycles. The molecule has 0 aliphatic rings. The van der Waals surface area contributed by atoms with Gasteiger partial charge in [-0.05, 0) is 26.8 Å². The number of thiazole rings is 1. The van der Waals surface area contributed by atoms with Crippen LogP contribution in [0.5, 0.6) is 0 Å². The second-order valence-electron chi connectivity index (χ2n) is 5.19. The highest BCUT2D eigenvalue weighted by molar-refractivity contribution is 7.12. The Morgan fingerprint density at radius 3 is 2.78 bits per heavy atom. The van der Waals surface area contributed by atoms with Crippen LogP contribution in [0.25, 0.3) is 5.13 Å². The van der Waals surface area contributed by atoms with Crippen LogP contribution in [0.2, 0.25) is 0 Å². The minimum Gasteiger partial charge on any atom is -0.294 e. The van der Waals surface area contributed by atoms with Crippen molar-refractivity contribution >= 4 is 17.1 Å². The first-order valence-electron chi connectivity index (χ1n) is 6.94. The van der Waals surface area contributed by atoms with Gasteiger partial charge in [0.15, 0.2) is 10.9 Å². The largest absolute Gasteiger partial charge is 0.294 e. The van der Waals surface area contributed by atoms with Gasteiger partial charge in [-0.15, -0.1) is 16.4 Å². The molecule has 0 radical (unpaired) electrons. The third-order valence-corrected chi connectivity index (χ3v) is 4.42. The lowest BCUT2D eigenvalue weighted by molar-refractivity contribution is 0.0967. The molecule has 3 heterocycles. The molecule has 0 fully saturated rings. The summed E-state index contributed by atoms with van der Waals surface area (Å²) < 4.78 is 3.35. The van der Waals surface area contributed by atoms with E-state index in [1.807, 2.05) is 42.9 Å². The lowest BCUT2D eigenvalue weighted by Crippen LogP contribution is -2.12. The molecule has 0 unspecified atom stereocenters. The van der Waals surface area contributed by atoms with Gasteiger partial charge in [0.25, 0.3) is 5.82 Å². The lowest BCUT2D eigenvalue weighted by atomic mass is 10.1. The van der Waals surface area contributed by atoms with E-state index < -0.39 is 0 Å². The summed E-state index contributed by atoms with van der Waals surface area (Å²) in [4.78, 5) is 20.8. The van der Waals surface area contributed by atoms with Gasteiger partial charge in [0, 0.05) is 22.3 Å². The van der Waals surface area contributed by atoms with Crippen LogP contribution in [-0.2, 0) is 6.54 Å². The van der Waals surface area contributed by atoms with E-state index in [0.29, 0.717) is 5.56 Å². The Hall–Kier alpha value is -2.79. The van der Waals surface area contributed by atoms with Crippen molar-refractivity contribution in [1.82, 2.24) is 24.3 Å². The SMILES string of the molecule is Cc1csc(-n2c(C)cc(C(=O)Cn3cnc(C#N)n3)c2C)n1. The van der Waals surface area contributed by atoms with Gasteiger partial charge in [0.05, 0.1) is 5.69 Å². The zero-order chi connectivity index (χ0) is 16.6. The van der Waals surface area contributed by atoms with Gasteiger partial charge >= 0.3 is 0 Å². The first-order chi connectivity index (χ1) is 11.0. The summed E-state index contributed by atoms with van der Waals surface area (Å²) in [6, 6.07) is 3.70. The average molecular weight is 326 g/mol. The monoisotopic (exact) mass is 326 g/mol. The Labute approximate surface area is 136 Å². The first kappa shape index (κ1) is 15.1. The predicted molar refractivity (Wildman–Crippen MR) is 84.7 cm³/mol. The minimum atomic E-state index is -0.0768. The van der Waals surface area contributed by atoms with Gasteiger partial charge in [-0.1, -0.05) is 0 Å². The van der Waals surface area contributed by atoms with E-state index in [1.54, 1.807) is 11.3 Å². The highest BCUT2D eigenvalue weighted by Gasteiger charge is 2.18. The van der Waals surface area contributed by atoms with Crippen LogP contribution in [-0.4, -0.2) is 30.1 Å². The van der Waals surface area contributed by atoms with E-state index in [2.05, 4.69) is 15.1 Å². The quantitative estimate of drug-likeness (QED) is 0.686. The molecular formula is C15H14N6OS. The van der Waals surface area contributed by atoms with E-state index >= 15 is 0 Å². The van der Waals surface area contributed by atoms with Gasteiger partial charge in [-0.2, -0.15) is 5.26 Å². The van der Waals surface area contributed by atoms with Gasteiger partial charge in [-0.3, -0.25) is 9.36 Å². The number of Topliss-reactive ketones (excluding diaryl/α,β-unsaturated/α-hetero) is 1. The standard InChI is InChI=1S/C15H14N6OS/c1-9-7-23-15(18-9)21-10(2)4-12(11(21)3)13(22)6-20-8-17-14(5-16)19-20/h4,7-8H,6H2,1-3H3. The highest BCUT2D eigenvalue weighted by Crippen LogP contribution is 2.24. The Bertz CT molecular complexity index is 926. The van der Waals surface area contributed by atoms with E-state index in [0.717, 1.165) is 22.2 Å². The molecule has 3 rings (SSSR count). The third-order valence-electron chi connectivity index (χ3n) is 3.47. The van der Waals surface area contributed by atoms with Crippen LogP contribution in [0.3, 0.4) is 0 Å². The van der Waals surface area contributed by atoms with Crippen molar-refractivity contribution in [3.8, 4) is 11.2 Å². The van der Waals surface area contributed by atoms with E-state index in [-0.39, 0.29) is 18.2 Å². The Morgan fingerprint density at radius 2 is 2.17 bits per heavy atom. The molecule has 116 valence electrons. The van der Waals surface area contributed by atoms with Crippen molar-refractivity contribution in [3.05, 3.63) is 46.2 Å². The molecule has 7 nitrogen and oxygen atoms in total. The fourth-order valence-corrected chi connectivity index (χ4v) is 3.35. The summed E-state index contributed by atoms with van der Waals surface area (Å²) in [6.45, 7) is 5.84. The van der Waals surface area contributed by atoms with Crippen molar-refractivity contribution < 1.29 is 4.79 Å². The molecule has 3 aromatic heterocycles. The summed E-state index contributed by atoms with van der Waals surface area (Å²) in [5, 5.41) is 15.5. The molecule has 0 N–H and O–H groups in total. The summed E-state index contributed by atoms with van der Waals surface area (Å²) in [6.07, 6.45) is 1.39. The number of rotatable bonds is 4. The van der Waals surface area contributed by atoms with Crippen LogP contribution in [0.15, 0.2) is 17.8 Å². The van der Waals surface area contributed by atoms with Crippen molar-refractivity contribution in [1.29, 1.82) is 5.26 Å². The minimum absolute atomic E-state index is 0.0515. The van der Waals surface area contributed by atoms with Gasteiger partial charge in [-0.25, -0.2) is 14.6 Å². The summed E-state index contributed by atoms with van der Waals surface area (Å²) in [5.41, 5.74) is 3.39. The van der Waals surface area contributed by atoms with Crippen LogP contribution in [0, 0.1) is 32.1 Å². The van der Waals surface area contributed by atoms with Crippen molar-refractivity contribution in [2.45, 2.75) is 27.3 Å². The molecule has 0 saturated carbocycles. The zero-order valence-corrected chi connectivity index (χ0v) is 13.8. The topological polar surface area (TPSA) is 89.4 Å². The molecule has 0 bridgehead atoms. The highest BCUT2D eigenvalue weighted by atomic mass is 32.1. The number of carbonyl (C=O) groups is 1. The number of ketones is 1. The maximum atomic E-state index is 12.5. The van der Waals surface area contributed by atoms with Crippen LogP contribution >= 0.6 is 11.3 Å². The van der Waals surface area contributed by atoms with E-state index in [1.165, 1.54) is 11.0 Å². The van der Waals surface area contributed by atoms with E-state index in [9.17, 15) is 4.79 Å². The Balaban J connectivity index is 1.91. The zero-order valence-electron chi connectivity index (χ0n) is 12.9. The molecule has 0 amide bonds. The Morgan fingerprint density at radius 1 is 1.39 bits per heavy atom. The van der Waals surface area contributed by atoms with Crippen LogP contribution in [0.4, 0.5) is 0 Å². The van der Waals surface area contributed by atoms with Crippen molar-refractivity contribution in [2.75, 3.05) is 0 Å². The van der Waals surface area contributed by atoms with Gasteiger partial charge < -0.3 is 0 Å². The van der Waals surface area contributed by atoms with Crippen molar-refractivity contribution in [2.24, 2.45) is 0 Å². The fraction of sp³-hybridized carbons (Fsp3) is 0.267. The van der Waals surface area contributed by atoms with Crippen LogP contribution in [0.1, 0.15) is 33.3 Å². The number of aromatic nitrogens is 5. The average Bonchev–Trinajstić information content (AvgIpc) is 3.19. The smallest absolute Gasteiger partial charge is 0.252 e. The fourth-order valence-electron chi connectivity index (χ4n) is 2.44. The number of hydrogen-bond acceptors (Lipinski definition) is 6. The summed E-state index contributed by atoms with van der Waals surface area (Å²) in [7, 11) is 0. The molecule has 0 aliphatic heterocycles. The second kappa shape index (κ2) is 5.78. The molecule has 0 atom stereocenters. The molecule has 0 spiro atoms. The lowest BCUT2D eigenvalue weighted by Gasteiger charge is -2.05. The number of carbonyl (C=O) groups excluding carboxylic acids is 1. The number of aryl methyl sites for hydroxylation is 2. The van der Waals surface area contributed by atoms with Crippen LogP contribution < -0.4 is 0 Å². The molecule has 0 saturated heterocycles. The number of hydrogen-bond donors (Lipinski definition) is 0. The summed E-state index contributed by atoms with van der Waals surface area (Å²) in [5.74, 6) is -0.0199. The van der Waals surface area contributed by atoms with Gasteiger partial charge in [0.2, 0.25) is 0 Å². The summed E-state index contributed by atoms with van der Waals surface area (Å²) >= 11 is 1.54. The first-order valence-corrected chi connectivity index (χ1v) is 7.81. The normalized spacial score (nSPS) is 10.7. The number of nitrogens with zero attached hydrogens (tertiary/aromatic N) is 6. The molecule has 8 heteroatoms. The molecule has 23 heavy (non-hydrogen) atoms. The Kier molecular flexibility index (Phi) is 3.80. The van der Waals surface area contributed by atoms with Crippen molar-refractivity contribution in [3.63, 3.8) is 0 Å². The van der Waals surface area contributed by atoms with E-state index in [4.69, 9.17) is 5.26 Å². The maximum absolute atomic E-state index is 12.5. The maximum Gasteiger partial charge on any atom is 0.252 e. The molecule has 0 aromatic carbocycles. The third kappa shape index (κ3) is 2.78. The second-order valence-corrected chi connectivity index (χ2v) is 6.03. The van der Waals surface area contributed by atoms with Gasteiger partial charge in [0.1, 0.15) is 18.9 Å². The number of nitriles is 1. The predicted octanol–water partition coefficient (Wildman–Crippen LogP) is 2.21. The molecular weight excluding hydrogens is 312 g/mol. The molecule has 3 aromatic rings.